The van der Waals surface area contributed by atoms with Crippen LogP contribution in [0.2, 0.25) is 0 Å². The third-order valence-electron chi connectivity index (χ3n) is 2.40. The fourth-order valence-electron chi connectivity index (χ4n) is 1.43. The first-order valence-corrected chi connectivity index (χ1v) is 4.08. The van der Waals surface area contributed by atoms with Crippen LogP contribution in [0.3, 0.4) is 0 Å². The number of hydrogen-bond donors (Lipinski definition) is 2. The van der Waals surface area contributed by atoms with E-state index in [0.29, 0.717) is 5.41 Å². The van der Waals surface area contributed by atoms with Gasteiger partial charge in [-0.3, -0.25) is 0 Å². The zero-order chi connectivity index (χ0) is 7.45. The number of hydrogen-bond acceptors (Lipinski definition) is 2. The summed E-state index contributed by atoms with van der Waals surface area (Å²) in [6.07, 6.45) is 4.09. The van der Waals surface area contributed by atoms with Gasteiger partial charge in [0.2, 0.25) is 0 Å². The second-order valence-corrected chi connectivity index (χ2v) is 3.56. The van der Waals surface area contributed by atoms with E-state index in [1.807, 2.05) is 0 Å². The van der Waals surface area contributed by atoms with Crippen molar-refractivity contribution >= 4 is 0 Å². The van der Waals surface area contributed by atoms with Crippen molar-refractivity contribution in [2.24, 2.45) is 5.41 Å². The molecule has 1 rings (SSSR count). The maximum Gasteiger partial charge on any atom is 0.0555 e. The van der Waals surface area contributed by atoms with Gasteiger partial charge in [-0.05, 0) is 18.3 Å². The molecule has 1 fully saturated rings. The molecule has 0 saturated heterocycles. The summed E-state index contributed by atoms with van der Waals surface area (Å²) in [4.78, 5) is 0. The van der Waals surface area contributed by atoms with Crippen molar-refractivity contribution in [2.75, 3.05) is 19.7 Å². The summed E-state index contributed by atoms with van der Waals surface area (Å²) in [5, 5.41) is 11.7. The molecule has 0 amide bonds. The van der Waals surface area contributed by atoms with Crippen LogP contribution in [0.25, 0.3) is 0 Å². The number of aliphatic hydroxyl groups is 1. The van der Waals surface area contributed by atoms with Gasteiger partial charge >= 0.3 is 0 Å². The fourth-order valence-corrected chi connectivity index (χ4v) is 1.43. The lowest BCUT2D eigenvalue weighted by molar-refractivity contribution is 0.153. The predicted molar refractivity (Wildman–Crippen MR) is 41.9 cm³/mol. The molecule has 1 saturated carbocycles. The lowest BCUT2D eigenvalue weighted by Crippen LogP contribution is -2.38. The first-order valence-electron chi connectivity index (χ1n) is 4.08. The molecule has 0 spiro atoms. The molecule has 0 heterocycles. The van der Waals surface area contributed by atoms with E-state index < -0.39 is 0 Å². The summed E-state index contributed by atoms with van der Waals surface area (Å²) in [6, 6.07) is 0. The smallest absolute Gasteiger partial charge is 0.0555 e. The van der Waals surface area contributed by atoms with Crippen LogP contribution < -0.4 is 5.32 Å². The predicted octanol–water partition coefficient (Wildman–Crippen LogP) is 0.758. The second kappa shape index (κ2) is 3.35. The van der Waals surface area contributed by atoms with Gasteiger partial charge in [-0.15, -0.1) is 0 Å². The van der Waals surface area contributed by atoms with Gasteiger partial charge in [-0.25, -0.2) is 0 Å². The van der Waals surface area contributed by atoms with Gasteiger partial charge < -0.3 is 10.4 Å². The molecule has 2 N–H and O–H groups in total. The SMILES string of the molecule is CC1(CNCCO)CCC1. The van der Waals surface area contributed by atoms with E-state index in [4.69, 9.17) is 5.11 Å². The molecule has 1 aliphatic carbocycles. The Morgan fingerprint density at radius 1 is 1.50 bits per heavy atom. The summed E-state index contributed by atoms with van der Waals surface area (Å²) in [5.74, 6) is 0. The van der Waals surface area contributed by atoms with Gasteiger partial charge in [0.25, 0.3) is 0 Å². The van der Waals surface area contributed by atoms with Crippen molar-refractivity contribution in [3.05, 3.63) is 0 Å². The molecule has 60 valence electrons. The minimum absolute atomic E-state index is 0.260. The molecule has 2 heteroatoms. The van der Waals surface area contributed by atoms with E-state index in [1.165, 1.54) is 19.3 Å². The maximum absolute atomic E-state index is 8.49. The molecule has 10 heavy (non-hydrogen) atoms. The van der Waals surface area contributed by atoms with Crippen LogP contribution in [0.15, 0.2) is 0 Å². The zero-order valence-electron chi connectivity index (χ0n) is 6.69. The van der Waals surface area contributed by atoms with Gasteiger partial charge in [0, 0.05) is 13.1 Å². The average molecular weight is 143 g/mol. The minimum Gasteiger partial charge on any atom is -0.395 e. The van der Waals surface area contributed by atoms with Gasteiger partial charge in [-0.2, -0.15) is 0 Å². The molecule has 0 aromatic rings. The topological polar surface area (TPSA) is 32.3 Å². The lowest BCUT2D eigenvalue weighted by atomic mass is 9.70. The normalized spacial score (nSPS) is 22.2. The molecule has 1 aliphatic rings. The molecule has 0 unspecified atom stereocenters. The Balaban J connectivity index is 2.01. The molecular weight excluding hydrogens is 126 g/mol. The monoisotopic (exact) mass is 143 g/mol. The second-order valence-electron chi connectivity index (χ2n) is 3.56. The third-order valence-corrected chi connectivity index (χ3v) is 2.40. The number of nitrogens with one attached hydrogen (secondary N) is 1. The van der Waals surface area contributed by atoms with Crippen LogP contribution >= 0.6 is 0 Å². The number of aliphatic hydroxyl groups excluding tert-OH is 1. The van der Waals surface area contributed by atoms with E-state index in [9.17, 15) is 0 Å². The molecule has 0 bridgehead atoms. The Morgan fingerprint density at radius 3 is 2.60 bits per heavy atom. The van der Waals surface area contributed by atoms with E-state index >= 15 is 0 Å². The average Bonchev–Trinajstić information content (AvgIpc) is 1.85. The first kappa shape index (κ1) is 8.02. The van der Waals surface area contributed by atoms with Crippen LogP contribution in [0.5, 0.6) is 0 Å². The Bertz CT molecular complexity index is 99.4. The van der Waals surface area contributed by atoms with E-state index in [1.54, 1.807) is 0 Å². The Kier molecular flexibility index (Phi) is 2.69. The van der Waals surface area contributed by atoms with E-state index in [0.717, 1.165) is 13.1 Å². The van der Waals surface area contributed by atoms with Gasteiger partial charge in [0.15, 0.2) is 0 Å². The molecule has 0 aromatic carbocycles. The molecule has 0 atom stereocenters. The molecule has 0 aromatic heterocycles. The molecular formula is C8H17NO. The minimum atomic E-state index is 0.260. The molecule has 0 aliphatic heterocycles. The molecule has 0 radical (unpaired) electrons. The van der Waals surface area contributed by atoms with Gasteiger partial charge in [0.05, 0.1) is 6.61 Å². The summed E-state index contributed by atoms with van der Waals surface area (Å²) >= 11 is 0. The van der Waals surface area contributed by atoms with Crippen molar-refractivity contribution in [3.8, 4) is 0 Å². The first-order chi connectivity index (χ1) is 4.77. The van der Waals surface area contributed by atoms with Gasteiger partial charge in [-0.1, -0.05) is 13.3 Å². The van der Waals surface area contributed by atoms with Crippen molar-refractivity contribution in [1.29, 1.82) is 0 Å². The summed E-state index contributed by atoms with van der Waals surface area (Å²) in [6.45, 7) is 4.39. The van der Waals surface area contributed by atoms with Crippen molar-refractivity contribution in [1.82, 2.24) is 5.32 Å². The van der Waals surface area contributed by atoms with Crippen molar-refractivity contribution < 1.29 is 5.11 Å². The quantitative estimate of drug-likeness (QED) is 0.569. The molecule has 2 nitrogen and oxygen atoms in total. The van der Waals surface area contributed by atoms with Crippen molar-refractivity contribution in [2.45, 2.75) is 26.2 Å². The highest BCUT2D eigenvalue weighted by atomic mass is 16.3. The maximum atomic E-state index is 8.49. The summed E-state index contributed by atoms with van der Waals surface area (Å²) in [5.41, 5.74) is 0.551. The highest BCUT2D eigenvalue weighted by Gasteiger charge is 2.30. The Labute approximate surface area is 62.6 Å². The van der Waals surface area contributed by atoms with Crippen molar-refractivity contribution in [3.63, 3.8) is 0 Å². The van der Waals surface area contributed by atoms with Crippen LogP contribution in [0, 0.1) is 5.41 Å². The Hall–Kier alpha value is -0.0800. The van der Waals surface area contributed by atoms with Crippen LogP contribution in [-0.4, -0.2) is 24.8 Å². The third kappa shape index (κ3) is 1.96. The van der Waals surface area contributed by atoms with Crippen LogP contribution in [-0.2, 0) is 0 Å². The standard InChI is InChI=1S/C8H17NO/c1-8(3-2-4-8)7-9-5-6-10/h9-10H,2-7H2,1H3. The highest BCUT2D eigenvalue weighted by molar-refractivity contribution is 4.84. The van der Waals surface area contributed by atoms with Crippen LogP contribution in [0.4, 0.5) is 0 Å². The zero-order valence-corrected chi connectivity index (χ0v) is 6.69. The lowest BCUT2D eigenvalue weighted by Gasteiger charge is -2.38. The Morgan fingerprint density at radius 2 is 2.20 bits per heavy atom. The fraction of sp³-hybridized carbons (Fsp3) is 1.00. The van der Waals surface area contributed by atoms with E-state index in [2.05, 4.69) is 12.2 Å². The summed E-state index contributed by atoms with van der Waals surface area (Å²) in [7, 11) is 0. The van der Waals surface area contributed by atoms with Gasteiger partial charge in [0.1, 0.15) is 0 Å². The number of rotatable bonds is 4. The summed E-state index contributed by atoms with van der Waals surface area (Å²) < 4.78 is 0. The highest BCUT2D eigenvalue weighted by Crippen LogP contribution is 2.39. The van der Waals surface area contributed by atoms with E-state index in [-0.39, 0.29) is 6.61 Å². The largest absolute Gasteiger partial charge is 0.395 e. The van der Waals surface area contributed by atoms with Crippen LogP contribution in [0.1, 0.15) is 26.2 Å².